The van der Waals surface area contributed by atoms with Crippen LogP contribution in [0, 0.1) is 0 Å². The largest absolute Gasteiger partial charge is 0.479 e. The van der Waals surface area contributed by atoms with Crippen LogP contribution >= 0.6 is 0 Å². The van der Waals surface area contributed by atoms with Crippen LogP contribution in [0.2, 0.25) is 0 Å². The van der Waals surface area contributed by atoms with Crippen molar-refractivity contribution in [3.8, 4) is 0 Å². The molecule has 0 saturated carbocycles. The fourth-order valence-electron chi connectivity index (χ4n) is 4.01. The van der Waals surface area contributed by atoms with Gasteiger partial charge in [-0.15, -0.1) is 0 Å². The molecule has 0 amide bonds. The highest BCUT2D eigenvalue weighted by atomic mass is 16.8. The van der Waals surface area contributed by atoms with Crippen LogP contribution in [0.5, 0.6) is 0 Å². The van der Waals surface area contributed by atoms with Crippen molar-refractivity contribution in [2.75, 3.05) is 13.2 Å². The van der Waals surface area contributed by atoms with Crippen LogP contribution in [-0.2, 0) is 28.5 Å². The molecule has 3 aliphatic heterocycles. The number of hydrogen-bond donors (Lipinski definition) is 11. The molecule has 0 spiro atoms. The molecular formula is C18H30O17. The van der Waals surface area contributed by atoms with E-state index in [9.17, 15) is 61.0 Å². The fourth-order valence-corrected chi connectivity index (χ4v) is 4.01. The molecule has 204 valence electrons. The highest BCUT2D eigenvalue weighted by Crippen LogP contribution is 2.32. The van der Waals surface area contributed by atoms with Crippen LogP contribution in [0.25, 0.3) is 0 Å². The number of aliphatic carboxylic acids is 1. The SMILES string of the molecule is O=C(O)[C@H]1O[C@@H](O)[C@H](O[C@@H]2O[C@H](CO)[C@H](O)[C@H](O)[C@H]2O)[C@@H](O)[C@@H]1O[C@@H]1O[C@H](CO)[C@@H](O)[C@H](O)[C@H]1O. The molecule has 0 aromatic heterocycles. The first-order chi connectivity index (χ1) is 16.4. The summed E-state index contributed by atoms with van der Waals surface area (Å²) in [5, 5.41) is 109. The minimum atomic E-state index is -2.16. The van der Waals surface area contributed by atoms with Gasteiger partial charge in [-0.1, -0.05) is 0 Å². The molecule has 0 unspecified atom stereocenters. The minimum Gasteiger partial charge on any atom is -0.479 e. The van der Waals surface area contributed by atoms with Gasteiger partial charge in [-0.25, -0.2) is 4.79 Å². The van der Waals surface area contributed by atoms with Crippen molar-refractivity contribution in [3.05, 3.63) is 0 Å². The zero-order chi connectivity index (χ0) is 26.2. The third-order valence-electron chi connectivity index (χ3n) is 6.06. The van der Waals surface area contributed by atoms with Crippen molar-refractivity contribution in [2.45, 2.75) is 92.1 Å². The first kappa shape index (κ1) is 28.4. The van der Waals surface area contributed by atoms with Crippen molar-refractivity contribution >= 4 is 5.97 Å². The van der Waals surface area contributed by atoms with Gasteiger partial charge >= 0.3 is 5.97 Å². The highest BCUT2D eigenvalue weighted by molar-refractivity contribution is 5.73. The van der Waals surface area contributed by atoms with E-state index < -0.39 is 111 Å². The van der Waals surface area contributed by atoms with E-state index in [-0.39, 0.29) is 0 Å². The van der Waals surface area contributed by atoms with Crippen molar-refractivity contribution in [3.63, 3.8) is 0 Å². The molecule has 11 N–H and O–H groups in total. The van der Waals surface area contributed by atoms with Crippen molar-refractivity contribution in [1.82, 2.24) is 0 Å². The van der Waals surface area contributed by atoms with E-state index in [1.54, 1.807) is 0 Å². The first-order valence-electron chi connectivity index (χ1n) is 10.6. The molecule has 35 heavy (non-hydrogen) atoms. The van der Waals surface area contributed by atoms with Crippen molar-refractivity contribution < 1.29 is 84.7 Å². The van der Waals surface area contributed by atoms with Crippen LogP contribution in [0.15, 0.2) is 0 Å². The topological polar surface area (TPSA) is 286 Å². The van der Waals surface area contributed by atoms with E-state index >= 15 is 0 Å². The molecule has 17 heteroatoms. The van der Waals surface area contributed by atoms with Gasteiger partial charge in [-0.2, -0.15) is 0 Å². The Hall–Kier alpha value is -1.13. The maximum Gasteiger partial charge on any atom is 0.335 e. The van der Waals surface area contributed by atoms with E-state index in [0.29, 0.717) is 0 Å². The van der Waals surface area contributed by atoms with Gasteiger partial charge < -0.3 is 79.9 Å². The average molecular weight is 518 g/mol. The van der Waals surface area contributed by atoms with Crippen molar-refractivity contribution in [2.24, 2.45) is 0 Å². The molecule has 3 saturated heterocycles. The lowest BCUT2D eigenvalue weighted by Crippen LogP contribution is -2.67. The standard InChI is InChI=1S/C18H30O17/c19-1-3-5(21)7(23)9(25)17(31-3)34-12-11(27)13(16(30)33-14(12)15(28)29)35-18-10(26)8(24)6(22)4(2-20)32-18/h3-14,16-27,30H,1-2H2,(H,28,29)/t3-,4-,5-,6+,7+,8+,9-,10-,11+,12+,13-,14+,16-,17+,18+/m1/s1. The highest BCUT2D eigenvalue weighted by Gasteiger charge is 2.55. The summed E-state index contributed by atoms with van der Waals surface area (Å²) in [5.74, 6) is -1.73. The summed E-state index contributed by atoms with van der Waals surface area (Å²) >= 11 is 0. The quantitative estimate of drug-likeness (QED) is 0.149. The van der Waals surface area contributed by atoms with Gasteiger partial charge in [0.15, 0.2) is 25.0 Å². The maximum atomic E-state index is 11.7. The number of ether oxygens (including phenoxy) is 5. The van der Waals surface area contributed by atoms with E-state index in [2.05, 4.69) is 0 Å². The Morgan fingerprint density at radius 1 is 0.600 bits per heavy atom. The van der Waals surface area contributed by atoms with Gasteiger partial charge in [-0.3, -0.25) is 0 Å². The Morgan fingerprint density at radius 3 is 1.43 bits per heavy atom. The number of aliphatic hydroxyl groups excluding tert-OH is 10. The second-order valence-corrected chi connectivity index (χ2v) is 8.37. The Morgan fingerprint density at radius 2 is 1.03 bits per heavy atom. The monoisotopic (exact) mass is 518 g/mol. The summed E-state index contributed by atoms with van der Waals surface area (Å²) in [6, 6.07) is 0. The minimum absolute atomic E-state index is 0.805. The number of carboxylic acid groups (broad SMARTS) is 1. The van der Waals surface area contributed by atoms with E-state index in [0.717, 1.165) is 0 Å². The predicted octanol–water partition coefficient (Wildman–Crippen LogP) is -7.48. The molecule has 3 aliphatic rings. The van der Waals surface area contributed by atoms with Gasteiger partial charge in [0, 0.05) is 0 Å². The Balaban J connectivity index is 1.80. The molecule has 0 radical (unpaired) electrons. The molecule has 0 aromatic rings. The van der Waals surface area contributed by atoms with Gasteiger partial charge in [-0.05, 0) is 0 Å². The normalized spacial score (nSPS) is 51.2. The van der Waals surface area contributed by atoms with Crippen LogP contribution in [0.1, 0.15) is 0 Å². The second-order valence-electron chi connectivity index (χ2n) is 8.37. The number of carboxylic acids is 1. The number of carbonyl (C=O) groups is 1. The molecule has 0 aromatic carbocycles. The second kappa shape index (κ2) is 11.5. The zero-order valence-electron chi connectivity index (χ0n) is 17.9. The Kier molecular flexibility index (Phi) is 9.35. The summed E-state index contributed by atoms with van der Waals surface area (Å²) in [4.78, 5) is 11.7. The van der Waals surface area contributed by atoms with Crippen LogP contribution in [-0.4, -0.2) is 167 Å². The Labute approximate surface area is 196 Å². The average Bonchev–Trinajstić information content (AvgIpc) is 2.82. The van der Waals surface area contributed by atoms with Gasteiger partial charge in [0.1, 0.15) is 67.1 Å². The van der Waals surface area contributed by atoms with E-state index in [1.807, 2.05) is 0 Å². The summed E-state index contributed by atoms with van der Waals surface area (Å²) in [6.07, 6.45) is -27.9. The van der Waals surface area contributed by atoms with E-state index in [1.165, 1.54) is 0 Å². The summed E-state index contributed by atoms with van der Waals surface area (Å²) < 4.78 is 25.8. The molecule has 3 heterocycles. The molecule has 0 aliphatic carbocycles. The number of aliphatic hydroxyl groups is 10. The third kappa shape index (κ3) is 5.59. The third-order valence-corrected chi connectivity index (χ3v) is 6.06. The zero-order valence-corrected chi connectivity index (χ0v) is 17.9. The van der Waals surface area contributed by atoms with E-state index in [4.69, 9.17) is 23.7 Å². The lowest BCUT2D eigenvalue weighted by molar-refractivity contribution is -0.378. The fraction of sp³-hybridized carbons (Fsp3) is 0.944. The van der Waals surface area contributed by atoms with Crippen LogP contribution in [0.4, 0.5) is 0 Å². The molecule has 3 rings (SSSR count). The van der Waals surface area contributed by atoms with Crippen LogP contribution < -0.4 is 0 Å². The van der Waals surface area contributed by atoms with Gasteiger partial charge in [0.2, 0.25) is 0 Å². The maximum absolute atomic E-state index is 11.7. The summed E-state index contributed by atoms with van der Waals surface area (Å²) in [7, 11) is 0. The molecule has 3 fully saturated rings. The van der Waals surface area contributed by atoms with Crippen LogP contribution in [0.3, 0.4) is 0 Å². The molecular weight excluding hydrogens is 488 g/mol. The molecule has 15 atom stereocenters. The summed E-state index contributed by atoms with van der Waals surface area (Å²) in [6.45, 7) is -1.63. The number of hydrogen-bond acceptors (Lipinski definition) is 16. The molecule has 17 nitrogen and oxygen atoms in total. The number of rotatable bonds is 7. The Bertz CT molecular complexity index is 707. The predicted molar refractivity (Wildman–Crippen MR) is 102 cm³/mol. The first-order valence-corrected chi connectivity index (χ1v) is 10.6. The van der Waals surface area contributed by atoms with Gasteiger partial charge in [0.05, 0.1) is 13.2 Å². The van der Waals surface area contributed by atoms with Gasteiger partial charge in [0.25, 0.3) is 0 Å². The smallest absolute Gasteiger partial charge is 0.335 e. The lowest BCUT2D eigenvalue weighted by Gasteiger charge is -2.47. The lowest BCUT2D eigenvalue weighted by atomic mass is 9.96. The van der Waals surface area contributed by atoms with Crippen molar-refractivity contribution in [1.29, 1.82) is 0 Å². The summed E-state index contributed by atoms with van der Waals surface area (Å²) in [5.41, 5.74) is 0. The molecule has 0 bridgehead atoms.